The first-order valence-electron chi connectivity index (χ1n) is 11.5. The third-order valence-corrected chi connectivity index (χ3v) is 6.58. The number of nitrogens with zero attached hydrogens (tertiary/aromatic N) is 3. The summed E-state index contributed by atoms with van der Waals surface area (Å²) in [6, 6.07) is 24.8. The standard InChI is InChI=1S/C27H27N3O4/c31-25(20-5-2-1-3-6-20)21-7-4-8-24(15-21)30-14-13-29(27(30)34)23-11-9-19(10-12-23)16-28-17-22(18-28)26(32)33/h1-12,15,22,25,31H,13-14,16-18H2,(H,32,33). The average molecular weight is 458 g/mol. The van der Waals surface area contributed by atoms with Gasteiger partial charge in [-0.15, -0.1) is 0 Å². The fourth-order valence-electron chi connectivity index (χ4n) is 4.60. The molecule has 0 saturated carbocycles. The van der Waals surface area contributed by atoms with Gasteiger partial charge < -0.3 is 10.2 Å². The van der Waals surface area contributed by atoms with E-state index in [1.807, 2.05) is 78.9 Å². The van der Waals surface area contributed by atoms with Crippen LogP contribution in [0, 0.1) is 5.92 Å². The molecule has 34 heavy (non-hydrogen) atoms. The molecule has 1 atom stereocenters. The lowest BCUT2D eigenvalue weighted by Crippen LogP contribution is -2.49. The monoisotopic (exact) mass is 457 g/mol. The number of hydrogen-bond donors (Lipinski definition) is 2. The van der Waals surface area contributed by atoms with Crippen molar-refractivity contribution in [1.29, 1.82) is 0 Å². The molecule has 2 amide bonds. The minimum absolute atomic E-state index is 0.0915. The van der Waals surface area contributed by atoms with Crippen LogP contribution in [0.15, 0.2) is 78.9 Å². The molecule has 0 radical (unpaired) electrons. The number of carbonyl (C=O) groups excluding carboxylic acids is 1. The predicted octanol–water partition coefficient (Wildman–Crippen LogP) is 3.73. The van der Waals surface area contributed by atoms with Crippen molar-refractivity contribution >= 4 is 23.4 Å². The maximum atomic E-state index is 13.2. The Balaban J connectivity index is 1.25. The van der Waals surface area contributed by atoms with Crippen molar-refractivity contribution in [3.8, 4) is 0 Å². The zero-order valence-electron chi connectivity index (χ0n) is 18.7. The Bertz CT molecular complexity index is 1180. The molecule has 2 heterocycles. The zero-order valence-corrected chi connectivity index (χ0v) is 18.7. The maximum Gasteiger partial charge on any atom is 0.329 e. The van der Waals surface area contributed by atoms with E-state index in [1.54, 1.807) is 9.80 Å². The normalized spacial score (nSPS) is 17.6. The van der Waals surface area contributed by atoms with Crippen LogP contribution in [0.1, 0.15) is 22.8 Å². The number of carboxylic acid groups (broad SMARTS) is 1. The molecule has 7 heteroatoms. The van der Waals surface area contributed by atoms with Gasteiger partial charge in [-0.25, -0.2) is 4.79 Å². The summed E-state index contributed by atoms with van der Waals surface area (Å²) in [5.74, 6) is -0.997. The molecular weight excluding hydrogens is 430 g/mol. The van der Waals surface area contributed by atoms with Crippen LogP contribution < -0.4 is 9.80 Å². The highest BCUT2D eigenvalue weighted by Crippen LogP contribution is 2.30. The second-order valence-corrected chi connectivity index (χ2v) is 8.89. The Morgan fingerprint density at radius 3 is 2.18 bits per heavy atom. The number of likely N-dealkylation sites (tertiary alicyclic amines) is 1. The van der Waals surface area contributed by atoms with Gasteiger partial charge in [0, 0.05) is 44.1 Å². The molecule has 174 valence electrons. The number of carbonyl (C=O) groups is 2. The number of anilines is 2. The number of hydrogen-bond acceptors (Lipinski definition) is 4. The van der Waals surface area contributed by atoms with E-state index in [1.165, 1.54) is 0 Å². The van der Waals surface area contributed by atoms with Gasteiger partial charge in [0.2, 0.25) is 0 Å². The van der Waals surface area contributed by atoms with E-state index >= 15 is 0 Å². The molecule has 2 saturated heterocycles. The molecule has 2 aliphatic heterocycles. The number of carboxylic acids is 1. The average Bonchev–Trinajstić information content (AvgIpc) is 3.22. The Hall–Kier alpha value is -3.68. The number of amides is 2. The number of aliphatic carboxylic acids is 1. The van der Waals surface area contributed by atoms with Crippen LogP contribution in [-0.4, -0.2) is 53.3 Å². The van der Waals surface area contributed by atoms with Crippen molar-refractivity contribution in [1.82, 2.24) is 4.90 Å². The molecule has 2 N–H and O–H groups in total. The van der Waals surface area contributed by atoms with Gasteiger partial charge in [0.05, 0.1) is 5.92 Å². The van der Waals surface area contributed by atoms with Crippen LogP contribution in [0.5, 0.6) is 0 Å². The molecule has 0 bridgehead atoms. The Morgan fingerprint density at radius 2 is 1.50 bits per heavy atom. The van der Waals surface area contributed by atoms with E-state index in [-0.39, 0.29) is 11.9 Å². The van der Waals surface area contributed by atoms with Crippen LogP contribution in [0.3, 0.4) is 0 Å². The summed E-state index contributed by atoms with van der Waals surface area (Å²) in [5, 5.41) is 19.8. The van der Waals surface area contributed by atoms with E-state index in [4.69, 9.17) is 5.11 Å². The summed E-state index contributed by atoms with van der Waals surface area (Å²) in [6.45, 7) is 3.01. The second-order valence-electron chi connectivity index (χ2n) is 8.89. The van der Waals surface area contributed by atoms with Crippen molar-refractivity contribution in [2.24, 2.45) is 5.92 Å². The Labute approximate surface area is 198 Å². The molecule has 2 aliphatic rings. The third kappa shape index (κ3) is 4.40. The first-order chi connectivity index (χ1) is 16.5. The topological polar surface area (TPSA) is 84.3 Å². The molecule has 3 aromatic carbocycles. The predicted molar refractivity (Wildman–Crippen MR) is 130 cm³/mol. The molecule has 1 unspecified atom stereocenters. The minimum atomic E-state index is -0.750. The summed E-state index contributed by atoms with van der Waals surface area (Å²) in [6.07, 6.45) is -0.750. The highest BCUT2D eigenvalue weighted by atomic mass is 16.4. The molecule has 5 rings (SSSR count). The fraction of sp³-hybridized carbons (Fsp3) is 0.259. The van der Waals surface area contributed by atoms with E-state index in [2.05, 4.69) is 4.90 Å². The smallest absolute Gasteiger partial charge is 0.329 e. The Kier molecular flexibility index (Phi) is 6.04. The van der Waals surface area contributed by atoms with E-state index in [0.717, 1.165) is 28.1 Å². The van der Waals surface area contributed by atoms with Gasteiger partial charge in [-0.05, 0) is 41.0 Å². The SMILES string of the molecule is O=C(O)C1CN(Cc2ccc(N3CCN(c4cccc(C(O)c5ccccc5)c4)C3=O)cc2)C1. The molecule has 3 aromatic rings. The van der Waals surface area contributed by atoms with Gasteiger partial charge >= 0.3 is 12.0 Å². The van der Waals surface area contributed by atoms with Crippen molar-refractivity contribution in [2.75, 3.05) is 36.0 Å². The lowest BCUT2D eigenvalue weighted by molar-refractivity contribution is -0.147. The largest absolute Gasteiger partial charge is 0.481 e. The van der Waals surface area contributed by atoms with Gasteiger partial charge in [-0.2, -0.15) is 0 Å². The zero-order chi connectivity index (χ0) is 23.7. The number of rotatable bonds is 7. The number of benzene rings is 3. The summed E-state index contributed by atoms with van der Waals surface area (Å²) < 4.78 is 0. The fourth-order valence-corrected chi connectivity index (χ4v) is 4.60. The van der Waals surface area contributed by atoms with Gasteiger partial charge in [-0.1, -0.05) is 54.6 Å². The Morgan fingerprint density at radius 1 is 0.853 bits per heavy atom. The first-order valence-corrected chi connectivity index (χ1v) is 11.5. The lowest BCUT2D eigenvalue weighted by Gasteiger charge is -2.36. The van der Waals surface area contributed by atoms with Crippen molar-refractivity contribution in [3.63, 3.8) is 0 Å². The van der Waals surface area contributed by atoms with Gasteiger partial charge in [0.15, 0.2) is 0 Å². The van der Waals surface area contributed by atoms with Crippen LogP contribution in [0.25, 0.3) is 0 Å². The summed E-state index contributed by atoms with van der Waals surface area (Å²) in [4.78, 5) is 29.8. The third-order valence-electron chi connectivity index (χ3n) is 6.58. The van der Waals surface area contributed by atoms with Crippen molar-refractivity contribution in [2.45, 2.75) is 12.6 Å². The van der Waals surface area contributed by atoms with E-state index < -0.39 is 12.1 Å². The first kappa shape index (κ1) is 22.1. The lowest BCUT2D eigenvalue weighted by atomic mass is 9.99. The second kappa shape index (κ2) is 9.29. The highest BCUT2D eigenvalue weighted by Gasteiger charge is 2.33. The minimum Gasteiger partial charge on any atom is -0.481 e. The molecular formula is C27H27N3O4. The van der Waals surface area contributed by atoms with Crippen molar-refractivity contribution in [3.05, 3.63) is 95.6 Å². The van der Waals surface area contributed by atoms with Crippen molar-refractivity contribution < 1.29 is 19.8 Å². The van der Waals surface area contributed by atoms with E-state index in [0.29, 0.717) is 32.7 Å². The molecule has 7 nitrogen and oxygen atoms in total. The molecule has 0 aliphatic carbocycles. The number of aliphatic hydroxyl groups excluding tert-OH is 1. The molecule has 0 aromatic heterocycles. The van der Waals surface area contributed by atoms with Crippen LogP contribution in [0.4, 0.5) is 16.2 Å². The van der Waals surface area contributed by atoms with E-state index in [9.17, 15) is 14.7 Å². The summed E-state index contributed by atoms with van der Waals surface area (Å²) in [7, 11) is 0. The molecule has 0 spiro atoms. The number of urea groups is 1. The molecule has 2 fully saturated rings. The summed E-state index contributed by atoms with van der Waals surface area (Å²) in [5.41, 5.74) is 4.26. The van der Waals surface area contributed by atoms with Crippen LogP contribution in [0.2, 0.25) is 0 Å². The van der Waals surface area contributed by atoms with Crippen LogP contribution in [-0.2, 0) is 11.3 Å². The van der Waals surface area contributed by atoms with Gasteiger partial charge in [0.25, 0.3) is 0 Å². The number of aliphatic hydroxyl groups is 1. The van der Waals surface area contributed by atoms with Crippen LogP contribution >= 0.6 is 0 Å². The quantitative estimate of drug-likeness (QED) is 0.565. The van der Waals surface area contributed by atoms with Gasteiger partial charge in [0.1, 0.15) is 6.10 Å². The summed E-state index contributed by atoms with van der Waals surface area (Å²) >= 11 is 0. The maximum absolute atomic E-state index is 13.2. The van der Waals surface area contributed by atoms with Gasteiger partial charge in [-0.3, -0.25) is 19.5 Å². The highest BCUT2D eigenvalue weighted by molar-refractivity contribution is 6.06.